The van der Waals surface area contributed by atoms with Crippen LogP contribution in [-0.4, -0.2) is 27.8 Å². The van der Waals surface area contributed by atoms with E-state index in [4.69, 9.17) is 0 Å². The summed E-state index contributed by atoms with van der Waals surface area (Å²) < 4.78 is 2.12. The van der Waals surface area contributed by atoms with E-state index >= 15 is 0 Å². The Bertz CT molecular complexity index is 524. The van der Waals surface area contributed by atoms with E-state index in [1.807, 2.05) is 37.5 Å². The summed E-state index contributed by atoms with van der Waals surface area (Å²) in [5.41, 5.74) is 0.731. The van der Waals surface area contributed by atoms with Crippen molar-refractivity contribution in [2.24, 2.45) is 0 Å². The zero-order chi connectivity index (χ0) is 14.4. The Kier molecular flexibility index (Phi) is 4.93. The largest absolute Gasteiger partial charge is 0.394 e. The summed E-state index contributed by atoms with van der Waals surface area (Å²) >= 11 is 0. The highest BCUT2D eigenvalue weighted by atomic mass is 16.3. The van der Waals surface area contributed by atoms with Crippen LogP contribution in [0.15, 0.2) is 42.7 Å². The maximum atomic E-state index is 9.97. The van der Waals surface area contributed by atoms with Gasteiger partial charge in [0.1, 0.15) is 5.82 Å². The van der Waals surface area contributed by atoms with Gasteiger partial charge >= 0.3 is 0 Å². The molecule has 1 aromatic heterocycles. The quantitative estimate of drug-likeness (QED) is 0.812. The average Bonchev–Trinajstić information content (AvgIpc) is 2.90. The molecule has 0 amide bonds. The Morgan fingerprint density at radius 1 is 1.30 bits per heavy atom. The molecule has 2 N–H and O–H groups in total. The fraction of sp³-hybridized carbons (Fsp3) is 0.438. The van der Waals surface area contributed by atoms with Gasteiger partial charge in [-0.2, -0.15) is 0 Å². The summed E-state index contributed by atoms with van der Waals surface area (Å²) in [6, 6.07) is 10.2. The van der Waals surface area contributed by atoms with Gasteiger partial charge in [0.2, 0.25) is 0 Å². The van der Waals surface area contributed by atoms with E-state index in [1.54, 1.807) is 0 Å². The molecular formula is C16H23N3O. The first-order valence-corrected chi connectivity index (χ1v) is 7.11. The number of benzene rings is 1. The van der Waals surface area contributed by atoms with Gasteiger partial charge in [-0.15, -0.1) is 0 Å². The number of aliphatic hydroxyl groups excluding tert-OH is 1. The molecule has 4 heteroatoms. The van der Waals surface area contributed by atoms with Crippen LogP contribution >= 0.6 is 0 Å². The minimum absolute atomic E-state index is 0.0819. The normalized spacial score (nSPS) is 14.2. The molecule has 1 heterocycles. The molecule has 0 radical (unpaired) electrons. The topological polar surface area (TPSA) is 50.1 Å². The Morgan fingerprint density at radius 2 is 2.05 bits per heavy atom. The highest BCUT2D eigenvalue weighted by Gasteiger charge is 2.30. The fourth-order valence-corrected chi connectivity index (χ4v) is 2.61. The van der Waals surface area contributed by atoms with Gasteiger partial charge < -0.3 is 15.0 Å². The molecule has 0 fully saturated rings. The molecule has 0 bridgehead atoms. The van der Waals surface area contributed by atoms with Gasteiger partial charge in [0.05, 0.1) is 12.1 Å². The molecule has 2 rings (SSSR count). The summed E-state index contributed by atoms with van der Waals surface area (Å²) in [4.78, 5) is 4.24. The molecule has 0 saturated carbocycles. The summed E-state index contributed by atoms with van der Waals surface area (Å²) in [6.45, 7) is 5.79. The number of aromatic nitrogens is 2. The summed E-state index contributed by atoms with van der Waals surface area (Å²) in [5.74, 6) is 1.00. The van der Waals surface area contributed by atoms with Crippen molar-refractivity contribution in [2.75, 3.05) is 13.2 Å². The van der Waals surface area contributed by atoms with Crippen molar-refractivity contribution in [1.82, 2.24) is 14.9 Å². The van der Waals surface area contributed by atoms with Crippen molar-refractivity contribution in [3.05, 3.63) is 54.1 Å². The second kappa shape index (κ2) is 6.68. The van der Waals surface area contributed by atoms with Crippen LogP contribution in [0, 0.1) is 6.92 Å². The molecule has 1 unspecified atom stereocenters. The van der Waals surface area contributed by atoms with Crippen LogP contribution in [-0.2, 0) is 12.1 Å². The maximum absolute atomic E-state index is 9.97. The van der Waals surface area contributed by atoms with Crippen LogP contribution < -0.4 is 5.32 Å². The molecule has 4 nitrogen and oxygen atoms in total. The molecule has 0 aliphatic heterocycles. The molecule has 2 aromatic rings. The van der Waals surface area contributed by atoms with Gasteiger partial charge in [-0.05, 0) is 25.5 Å². The number of nitrogens with one attached hydrogen (secondary N) is 1. The van der Waals surface area contributed by atoms with Crippen LogP contribution in [0.3, 0.4) is 0 Å². The third-order valence-electron chi connectivity index (χ3n) is 3.81. The van der Waals surface area contributed by atoms with Gasteiger partial charge in [-0.3, -0.25) is 0 Å². The summed E-state index contributed by atoms with van der Waals surface area (Å²) in [7, 11) is 0. The Morgan fingerprint density at radius 3 is 2.60 bits per heavy atom. The van der Waals surface area contributed by atoms with Crippen LogP contribution in [0.4, 0.5) is 0 Å². The van der Waals surface area contributed by atoms with E-state index in [0.717, 1.165) is 30.9 Å². The summed E-state index contributed by atoms with van der Waals surface area (Å²) in [6.07, 6.45) is 4.61. The van der Waals surface area contributed by atoms with Gasteiger partial charge in [0, 0.05) is 18.9 Å². The minimum atomic E-state index is -0.396. The standard InChI is InChI=1S/C16H23N3O/c1-3-18-16(13-20,15-7-5-4-6-8-15)9-11-19-12-10-17-14(19)2/h4-8,10,12,18,20H,3,9,11,13H2,1-2H3. The number of hydrogen-bond donors (Lipinski definition) is 2. The average molecular weight is 273 g/mol. The van der Waals surface area contributed by atoms with Crippen molar-refractivity contribution < 1.29 is 5.11 Å². The Hall–Kier alpha value is -1.65. The number of aryl methyl sites for hydroxylation is 2. The van der Waals surface area contributed by atoms with Crippen molar-refractivity contribution in [1.29, 1.82) is 0 Å². The van der Waals surface area contributed by atoms with E-state index in [9.17, 15) is 5.11 Å². The van der Waals surface area contributed by atoms with Crippen molar-refractivity contribution >= 4 is 0 Å². The molecule has 0 aliphatic rings. The molecule has 0 saturated heterocycles. The molecule has 108 valence electrons. The molecule has 1 aromatic carbocycles. The molecule has 0 spiro atoms. The van der Waals surface area contributed by atoms with Crippen molar-refractivity contribution in [3.8, 4) is 0 Å². The lowest BCUT2D eigenvalue weighted by atomic mass is 9.87. The fourth-order valence-electron chi connectivity index (χ4n) is 2.61. The van der Waals surface area contributed by atoms with E-state index in [2.05, 4.69) is 33.9 Å². The van der Waals surface area contributed by atoms with Crippen LogP contribution in [0.5, 0.6) is 0 Å². The number of imidazole rings is 1. The molecule has 1 atom stereocenters. The van der Waals surface area contributed by atoms with Gasteiger partial charge in [0.25, 0.3) is 0 Å². The summed E-state index contributed by atoms with van der Waals surface area (Å²) in [5, 5.41) is 13.4. The number of nitrogens with zero attached hydrogens (tertiary/aromatic N) is 2. The number of rotatable bonds is 7. The zero-order valence-corrected chi connectivity index (χ0v) is 12.2. The van der Waals surface area contributed by atoms with E-state index in [1.165, 1.54) is 0 Å². The van der Waals surface area contributed by atoms with E-state index < -0.39 is 5.54 Å². The highest BCUT2D eigenvalue weighted by Crippen LogP contribution is 2.25. The first kappa shape index (κ1) is 14.8. The SMILES string of the molecule is CCNC(CO)(CCn1ccnc1C)c1ccccc1. The zero-order valence-electron chi connectivity index (χ0n) is 12.2. The second-order valence-corrected chi connectivity index (χ2v) is 5.05. The first-order valence-electron chi connectivity index (χ1n) is 7.11. The van der Waals surface area contributed by atoms with E-state index in [-0.39, 0.29) is 6.61 Å². The molecule has 20 heavy (non-hydrogen) atoms. The van der Waals surface area contributed by atoms with E-state index in [0.29, 0.717) is 0 Å². The number of hydrogen-bond acceptors (Lipinski definition) is 3. The Balaban J connectivity index is 2.21. The maximum Gasteiger partial charge on any atom is 0.105 e. The predicted octanol–water partition coefficient (Wildman–Crippen LogP) is 2.08. The lowest BCUT2D eigenvalue weighted by Gasteiger charge is -2.34. The van der Waals surface area contributed by atoms with Crippen LogP contribution in [0.25, 0.3) is 0 Å². The minimum Gasteiger partial charge on any atom is -0.394 e. The Labute approximate surface area is 120 Å². The highest BCUT2D eigenvalue weighted by molar-refractivity contribution is 5.24. The monoisotopic (exact) mass is 273 g/mol. The van der Waals surface area contributed by atoms with Crippen molar-refractivity contribution in [2.45, 2.75) is 32.4 Å². The smallest absolute Gasteiger partial charge is 0.105 e. The lowest BCUT2D eigenvalue weighted by Crippen LogP contribution is -2.46. The van der Waals surface area contributed by atoms with Crippen molar-refractivity contribution in [3.63, 3.8) is 0 Å². The predicted molar refractivity (Wildman–Crippen MR) is 80.5 cm³/mol. The third-order valence-corrected chi connectivity index (χ3v) is 3.81. The van der Waals surface area contributed by atoms with Crippen LogP contribution in [0.2, 0.25) is 0 Å². The van der Waals surface area contributed by atoms with Gasteiger partial charge in [-0.25, -0.2) is 4.98 Å². The number of aliphatic hydroxyl groups is 1. The number of likely N-dealkylation sites (N-methyl/N-ethyl adjacent to an activating group) is 1. The third kappa shape index (κ3) is 3.08. The van der Waals surface area contributed by atoms with Crippen LogP contribution in [0.1, 0.15) is 24.7 Å². The molecule has 0 aliphatic carbocycles. The van der Waals surface area contributed by atoms with Gasteiger partial charge in [0.15, 0.2) is 0 Å². The lowest BCUT2D eigenvalue weighted by molar-refractivity contribution is 0.147. The first-order chi connectivity index (χ1) is 9.72. The molecular weight excluding hydrogens is 250 g/mol. The second-order valence-electron chi connectivity index (χ2n) is 5.05. The van der Waals surface area contributed by atoms with Gasteiger partial charge in [-0.1, -0.05) is 37.3 Å².